The second-order valence-corrected chi connectivity index (χ2v) is 8.08. The maximum Gasteiger partial charge on any atom is 0.0462 e. The summed E-state index contributed by atoms with van der Waals surface area (Å²) in [4.78, 5) is 2.29. The van der Waals surface area contributed by atoms with Crippen LogP contribution in [0, 0.1) is 13.8 Å². The molecule has 2 nitrogen and oxygen atoms in total. The standard InChI is InChI=1S/C29H29NO/c1-22-5-15-27(16-6-22)30(28-17-7-23(2)8-18-28)29-19-13-26(14-20-29)25-11-9-24(10-12-25)4-3-21-31/h5-20,31H,3-4,21H2,1-2H3. The normalized spacial score (nSPS) is 10.8. The number of benzene rings is 4. The summed E-state index contributed by atoms with van der Waals surface area (Å²) >= 11 is 0. The van der Waals surface area contributed by atoms with Crippen molar-refractivity contribution < 1.29 is 5.11 Å². The molecule has 2 heteroatoms. The number of aliphatic hydroxyl groups excluding tert-OH is 1. The van der Waals surface area contributed by atoms with Crippen molar-refractivity contribution in [3.8, 4) is 11.1 Å². The lowest BCUT2D eigenvalue weighted by Gasteiger charge is -2.26. The molecule has 0 amide bonds. The van der Waals surface area contributed by atoms with Gasteiger partial charge in [-0.05, 0) is 79.8 Å². The van der Waals surface area contributed by atoms with Crippen molar-refractivity contribution in [1.82, 2.24) is 0 Å². The zero-order valence-electron chi connectivity index (χ0n) is 18.3. The van der Waals surface area contributed by atoms with Gasteiger partial charge in [-0.25, -0.2) is 0 Å². The van der Waals surface area contributed by atoms with Gasteiger partial charge in [0.2, 0.25) is 0 Å². The third-order valence-electron chi connectivity index (χ3n) is 5.62. The molecule has 156 valence electrons. The van der Waals surface area contributed by atoms with Crippen LogP contribution in [0.3, 0.4) is 0 Å². The van der Waals surface area contributed by atoms with Gasteiger partial charge in [0.1, 0.15) is 0 Å². The van der Waals surface area contributed by atoms with E-state index in [1.807, 2.05) is 0 Å². The number of hydrogen-bond donors (Lipinski definition) is 1. The summed E-state index contributed by atoms with van der Waals surface area (Å²) in [5, 5.41) is 9.02. The molecule has 0 heterocycles. The Hall–Kier alpha value is -3.36. The molecule has 0 saturated heterocycles. The highest BCUT2D eigenvalue weighted by atomic mass is 16.2. The van der Waals surface area contributed by atoms with E-state index in [1.54, 1.807) is 0 Å². The van der Waals surface area contributed by atoms with Gasteiger partial charge in [-0.2, -0.15) is 0 Å². The van der Waals surface area contributed by atoms with Crippen LogP contribution >= 0.6 is 0 Å². The molecule has 31 heavy (non-hydrogen) atoms. The van der Waals surface area contributed by atoms with Crippen molar-refractivity contribution in [2.75, 3.05) is 11.5 Å². The number of aliphatic hydroxyl groups is 1. The highest BCUT2D eigenvalue weighted by Crippen LogP contribution is 2.35. The minimum absolute atomic E-state index is 0.238. The lowest BCUT2D eigenvalue weighted by molar-refractivity contribution is 0.288. The summed E-state index contributed by atoms with van der Waals surface area (Å²) in [6, 6.07) is 34.7. The number of rotatable bonds is 7. The zero-order chi connectivity index (χ0) is 21.6. The maximum absolute atomic E-state index is 9.02. The molecule has 4 aromatic carbocycles. The smallest absolute Gasteiger partial charge is 0.0462 e. The number of anilines is 3. The van der Waals surface area contributed by atoms with Crippen LogP contribution in [0.1, 0.15) is 23.1 Å². The topological polar surface area (TPSA) is 23.5 Å². The second kappa shape index (κ2) is 9.63. The fourth-order valence-corrected chi connectivity index (χ4v) is 3.78. The first-order valence-electron chi connectivity index (χ1n) is 10.9. The Morgan fingerprint density at radius 3 is 1.35 bits per heavy atom. The molecule has 0 unspecified atom stereocenters. The van der Waals surface area contributed by atoms with Gasteiger partial charge in [0.25, 0.3) is 0 Å². The van der Waals surface area contributed by atoms with Gasteiger partial charge in [-0.3, -0.25) is 0 Å². The van der Waals surface area contributed by atoms with Gasteiger partial charge in [-0.1, -0.05) is 71.8 Å². The van der Waals surface area contributed by atoms with E-state index in [4.69, 9.17) is 5.11 Å². The molecule has 0 fully saturated rings. The molecule has 0 aliphatic rings. The molecule has 0 saturated carbocycles. The molecule has 0 aliphatic heterocycles. The summed E-state index contributed by atoms with van der Waals surface area (Å²) < 4.78 is 0. The van der Waals surface area contributed by atoms with E-state index >= 15 is 0 Å². The quantitative estimate of drug-likeness (QED) is 0.346. The predicted octanol–water partition coefficient (Wildman–Crippen LogP) is 7.37. The van der Waals surface area contributed by atoms with E-state index in [9.17, 15) is 0 Å². The Labute approximate surface area is 185 Å². The predicted molar refractivity (Wildman–Crippen MR) is 131 cm³/mol. The van der Waals surface area contributed by atoms with Crippen molar-refractivity contribution in [2.24, 2.45) is 0 Å². The zero-order valence-corrected chi connectivity index (χ0v) is 18.3. The van der Waals surface area contributed by atoms with Crippen LogP contribution in [-0.4, -0.2) is 11.7 Å². The Balaban J connectivity index is 1.64. The maximum atomic E-state index is 9.02. The van der Waals surface area contributed by atoms with E-state index in [2.05, 4.69) is 116 Å². The SMILES string of the molecule is Cc1ccc(N(c2ccc(C)cc2)c2ccc(-c3ccc(CCCO)cc3)cc2)cc1. The van der Waals surface area contributed by atoms with E-state index in [0.29, 0.717) is 0 Å². The van der Waals surface area contributed by atoms with Crippen molar-refractivity contribution in [3.63, 3.8) is 0 Å². The minimum atomic E-state index is 0.238. The average molecular weight is 408 g/mol. The van der Waals surface area contributed by atoms with Crippen LogP contribution in [0.25, 0.3) is 11.1 Å². The summed E-state index contributed by atoms with van der Waals surface area (Å²) in [7, 11) is 0. The van der Waals surface area contributed by atoms with Crippen molar-refractivity contribution >= 4 is 17.1 Å². The Morgan fingerprint density at radius 1 is 0.548 bits per heavy atom. The van der Waals surface area contributed by atoms with Crippen LogP contribution in [-0.2, 0) is 6.42 Å². The van der Waals surface area contributed by atoms with Gasteiger partial charge >= 0.3 is 0 Å². The highest BCUT2D eigenvalue weighted by Gasteiger charge is 2.12. The molecule has 0 spiro atoms. The van der Waals surface area contributed by atoms with E-state index < -0.39 is 0 Å². The molecule has 1 N–H and O–H groups in total. The molecule has 0 bridgehead atoms. The van der Waals surface area contributed by atoms with Crippen LogP contribution in [0.2, 0.25) is 0 Å². The first-order valence-corrected chi connectivity index (χ1v) is 10.9. The van der Waals surface area contributed by atoms with Gasteiger partial charge in [0.15, 0.2) is 0 Å². The van der Waals surface area contributed by atoms with Crippen molar-refractivity contribution in [1.29, 1.82) is 0 Å². The fraction of sp³-hybridized carbons (Fsp3) is 0.172. The average Bonchev–Trinajstić information content (AvgIpc) is 2.81. The van der Waals surface area contributed by atoms with Crippen molar-refractivity contribution in [2.45, 2.75) is 26.7 Å². The molecule has 4 rings (SSSR count). The summed E-state index contributed by atoms with van der Waals surface area (Å²) in [5.74, 6) is 0. The van der Waals surface area contributed by atoms with Crippen molar-refractivity contribution in [3.05, 3.63) is 114 Å². The number of hydrogen-bond acceptors (Lipinski definition) is 2. The highest BCUT2D eigenvalue weighted by molar-refractivity contribution is 5.78. The first kappa shape index (κ1) is 20.9. The van der Waals surface area contributed by atoms with Crippen LogP contribution in [0.15, 0.2) is 97.1 Å². The van der Waals surface area contributed by atoms with Gasteiger partial charge in [-0.15, -0.1) is 0 Å². The molecular formula is C29H29NO. The fourth-order valence-electron chi connectivity index (χ4n) is 3.78. The minimum Gasteiger partial charge on any atom is -0.396 e. The summed E-state index contributed by atoms with van der Waals surface area (Å²) in [6.45, 7) is 4.47. The lowest BCUT2D eigenvalue weighted by atomic mass is 10.0. The monoisotopic (exact) mass is 407 g/mol. The number of nitrogens with zero attached hydrogens (tertiary/aromatic N) is 1. The van der Waals surface area contributed by atoms with Gasteiger partial charge < -0.3 is 10.0 Å². The molecule has 0 atom stereocenters. The summed E-state index contributed by atoms with van der Waals surface area (Å²) in [6.07, 6.45) is 1.72. The van der Waals surface area contributed by atoms with E-state index in [0.717, 1.165) is 29.9 Å². The molecule has 0 aromatic heterocycles. The van der Waals surface area contributed by atoms with Crippen LogP contribution in [0.5, 0.6) is 0 Å². The molecule has 4 aromatic rings. The first-order chi connectivity index (χ1) is 15.1. The van der Waals surface area contributed by atoms with Gasteiger partial charge in [0.05, 0.1) is 0 Å². The third kappa shape index (κ3) is 5.04. The third-order valence-corrected chi connectivity index (χ3v) is 5.62. The molecule has 0 aliphatic carbocycles. The Bertz CT molecular complexity index is 1050. The lowest BCUT2D eigenvalue weighted by Crippen LogP contribution is -2.09. The molecular weight excluding hydrogens is 378 g/mol. The molecule has 0 radical (unpaired) electrons. The Morgan fingerprint density at radius 2 is 0.935 bits per heavy atom. The van der Waals surface area contributed by atoms with E-state index in [-0.39, 0.29) is 6.61 Å². The second-order valence-electron chi connectivity index (χ2n) is 8.08. The van der Waals surface area contributed by atoms with E-state index in [1.165, 1.54) is 27.8 Å². The Kier molecular flexibility index (Phi) is 6.49. The largest absolute Gasteiger partial charge is 0.396 e. The summed E-state index contributed by atoms with van der Waals surface area (Å²) in [5.41, 5.74) is 9.61. The van der Waals surface area contributed by atoms with Crippen LogP contribution < -0.4 is 4.90 Å². The van der Waals surface area contributed by atoms with Crippen LogP contribution in [0.4, 0.5) is 17.1 Å². The number of aryl methyl sites for hydroxylation is 3. The van der Waals surface area contributed by atoms with Gasteiger partial charge in [0, 0.05) is 23.7 Å².